The van der Waals surface area contributed by atoms with Crippen molar-refractivity contribution in [2.75, 3.05) is 18.9 Å². The van der Waals surface area contributed by atoms with Gasteiger partial charge in [-0.05, 0) is 29.5 Å². The Labute approximate surface area is 161 Å². The van der Waals surface area contributed by atoms with Gasteiger partial charge in [-0.1, -0.05) is 33.9 Å². The van der Waals surface area contributed by atoms with Crippen molar-refractivity contribution < 1.29 is 14.9 Å². The fraction of sp³-hybridized carbons (Fsp3) is 0.684. The molecule has 0 bridgehead atoms. The van der Waals surface area contributed by atoms with Crippen LogP contribution in [-0.2, 0) is 4.74 Å². The SMILES string of the molecule is Cc1cn([C@H]2CC([Si](C)(C)C(C)(C)C)C(CO)(CO)O2)c2ncnc(N)c12. The van der Waals surface area contributed by atoms with E-state index >= 15 is 0 Å². The Bertz CT molecular complexity index is 839. The third kappa shape index (κ3) is 2.99. The van der Waals surface area contributed by atoms with Crippen LogP contribution in [-0.4, -0.2) is 51.6 Å². The molecule has 1 saturated heterocycles. The van der Waals surface area contributed by atoms with Gasteiger partial charge in [0.25, 0.3) is 0 Å². The van der Waals surface area contributed by atoms with E-state index < -0.39 is 13.7 Å². The van der Waals surface area contributed by atoms with Crippen LogP contribution >= 0.6 is 0 Å². The first-order valence-electron chi connectivity index (χ1n) is 9.45. The molecular formula is C19H32N4O3Si. The minimum Gasteiger partial charge on any atom is -0.393 e. The van der Waals surface area contributed by atoms with Crippen molar-refractivity contribution in [3.8, 4) is 0 Å². The van der Waals surface area contributed by atoms with Crippen molar-refractivity contribution in [3.63, 3.8) is 0 Å². The van der Waals surface area contributed by atoms with Gasteiger partial charge in [-0.2, -0.15) is 0 Å². The van der Waals surface area contributed by atoms with Crippen molar-refractivity contribution >= 4 is 24.9 Å². The van der Waals surface area contributed by atoms with Crippen molar-refractivity contribution in [1.82, 2.24) is 14.5 Å². The van der Waals surface area contributed by atoms with Gasteiger partial charge in [-0.15, -0.1) is 0 Å². The number of aryl methyl sites for hydroxylation is 1. The molecule has 2 atom stereocenters. The first kappa shape index (κ1) is 20.3. The highest BCUT2D eigenvalue weighted by Crippen LogP contribution is 2.57. The lowest BCUT2D eigenvalue weighted by Crippen LogP contribution is -2.54. The molecule has 1 aliphatic rings. The molecule has 2 aromatic heterocycles. The number of fused-ring (bicyclic) bond motifs is 1. The van der Waals surface area contributed by atoms with Crippen LogP contribution in [0.2, 0.25) is 23.7 Å². The van der Waals surface area contributed by atoms with Crippen LogP contribution in [0.3, 0.4) is 0 Å². The monoisotopic (exact) mass is 392 g/mol. The van der Waals surface area contributed by atoms with Gasteiger partial charge in [0.15, 0.2) is 0 Å². The fourth-order valence-electron chi connectivity index (χ4n) is 4.33. The summed E-state index contributed by atoms with van der Waals surface area (Å²) in [6, 6.07) is 0. The molecule has 1 unspecified atom stereocenters. The van der Waals surface area contributed by atoms with Gasteiger partial charge in [-0.3, -0.25) is 0 Å². The zero-order chi connectivity index (χ0) is 20.2. The highest BCUT2D eigenvalue weighted by Gasteiger charge is 2.58. The number of nitrogens with zero attached hydrogens (tertiary/aromatic N) is 3. The molecule has 2 aromatic rings. The Hall–Kier alpha value is -1.48. The molecule has 0 saturated carbocycles. The number of hydrogen-bond acceptors (Lipinski definition) is 6. The van der Waals surface area contributed by atoms with Crippen LogP contribution in [0, 0.1) is 6.92 Å². The lowest BCUT2D eigenvalue weighted by Gasteiger charge is -2.47. The molecule has 3 heterocycles. The van der Waals surface area contributed by atoms with Crippen LogP contribution in [0.1, 0.15) is 39.0 Å². The smallest absolute Gasteiger partial charge is 0.147 e. The molecule has 150 valence electrons. The topological polar surface area (TPSA) is 106 Å². The zero-order valence-corrected chi connectivity index (χ0v) is 18.2. The second-order valence-electron chi connectivity index (χ2n) is 9.39. The predicted molar refractivity (Wildman–Crippen MR) is 109 cm³/mol. The predicted octanol–water partition coefficient (Wildman–Crippen LogP) is 2.84. The fourth-order valence-corrected chi connectivity index (χ4v) is 7.73. The van der Waals surface area contributed by atoms with E-state index in [1.54, 1.807) is 0 Å². The van der Waals surface area contributed by atoms with E-state index in [-0.39, 0.29) is 30.0 Å². The molecule has 0 spiro atoms. The van der Waals surface area contributed by atoms with E-state index in [2.05, 4.69) is 43.8 Å². The maximum absolute atomic E-state index is 10.2. The Morgan fingerprint density at radius 3 is 2.48 bits per heavy atom. The Morgan fingerprint density at radius 1 is 1.30 bits per heavy atom. The normalized spacial score (nSPS) is 23.3. The lowest BCUT2D eigenvalue weighted by molar-refractivity contribution is -0.120. The molecule has 27 heavy (non-hydrogen) atoms. The maximum Gasteiger partial charge on any atom is 0.147 e. The first-order chi connectivity index (χ1) is 12.5. The van der Waals surface area contributed by atoms with Gasteiger partial charge in [0.2, 0.25) is 0 Å². The number of aromatic nitrogens is 3. The highest BCUT2D eigenvalue weighted by atomic mass is 28.3. The summed E-state index contributed by atoms with van der Waals surface area (Å²) in [5.74, 6) is 0.450. The summed E-state index contributed by atoms with van der Waals surface area (Å²) < 4.78 is 8.37. The molecule has 0 amide bonds. The van der Waals surface area contributed by atoms with Gasteiger partial charge < -0.3 is 25.3 Å². The summed E-state index contributed by atoms with van der Waals surface area (Å²) >= 11 is 0. The average Bonchev–Trinajstić information content (AvgIpc) is 3.14. The van der Waals surface area contributed by atoms with Crippen LogP contribution in [0.5, 0.6) is 0 Å². The summed E-state index contributed by atoms with van der Waals surface area (Å²) in [4.78, 5) is 8.52. The highest BCUT2D eigenvalue weighted by molar-refractivity contribution is 6.81. The Kier molecular flexibility index (Phi) is 4.91. The quantitative estimate of drug-likeness (QED) is 0.691. The van der Waals surface area contributed by atoms with Crippen LogP contribution < -0.4 is 5.73 Å². The van der Waals surface area contributed by atoms with E-state index in [0.717, 1.165) is 23.0 Å². The van der Waals surface area contributed by atoms with E-state index in [1.165, 1.54) is 6.33 Å². The van der Waals surface area contributed by atoms with Crippen molar-refractivity contribution in [2.24, 2.45) is 0 Å². The largest absolute Gasteiger partial charge is 0.393 e. The van der Waals surface area contributed by atoms with E-state index in [9.17, 15) is 10.2 Å². The number of hydrogen-bond donors (Lipinski definition) is 3. The number of rotatable bonds is 4. The molecular weight excluding hydrogens is 360 g/mol. The number of ether oxygens (including phenoxy) is 1. The third-order valence-corrected chi connectivity index (χ3v) is 13.3. The summed E-state index contributed by atoms with van der Waals surface area (Å²) in [5.41, 5.74) is 6.92. The number of aliphatic hydroxyl groups is 2. The summed E-state index contributed by atoms with van der Waals surface area (Å²) in [6.45, 7) is 13.0. The number of anilines is 1. The minimum atomic E-state index is -1.91. The second-order valence-corrected chi connectivity index (χ2v) is 15.0. The molecule has 4 N–H and O–H groups in total. The van der Waals surface area contributed by atoms with Crippen molar-refractivity contribution in [1.29, 1.82) is 0 Å². The van der Waals surface area contributed by atoms with Crippen molar-refractivity contribution in [2.45, 2.75) is 69.6 Å². The molecule has 3 rings (SSSR count). The molecule has 1 aliphatic heterocycles. The first-order valence-corrected chi connectivity index (χ1v) is 12.5. The second kappa shape index (κ2) is 6.54. The van der Waals surface area contributed by atoms with Crippen LogP contribution in [0.15, 0.2) is 12.5 Å². The molecule has 8 heteroatoms. The summed E-state index contributed by atoms with van der Waals surface area (Å²) in [5, 5.41) is 21.4. The zero-order valence-electron chi connectivity index (χ0n) is 17.2. The Morgan fingerprint density at radius 2 is 1.93 bits per heavy atom. The minimum absolute atomic E-state index is 0.0990. The molecule has 0 radical (unpaired) electrons. The standard InChI is InChI=1S/C19H32N4O3Si/c1-12-8-23(17-15(12)16(20)21-11-22-17)14-7-13(19(9-24,10-25)26-14)27(5,6)18(2,3)4/h8,11,13-14,24-25H,7,9-10H2,1-6H3,(H2,20,21,22)/t13?,14-/m1/s1. The summed E-state index contributed by atoms with van der Waals surface area (Å²) in [7, 11) is -1.91. The van der Waals surface area contributed by atoms with Gasteiger partial charge in [0, 0.05) is 6.20 Å². The third-order valence-electron chi connectivity index (χ3n) is 6.92. The van der Waals surface area contributed by atoms with Crippen LogP contribution in [0.25, 0.3) is 11.0 Å². The number of aliphatic hydroxyl groups excluding tert-OH is 2. The van der Waals surface area contributed by atoms with Gasteiger partial charge >= 0.3 is 0 Å². The van der Waals surface area contributed by atoms with E-state index in [1.807, 2.05) is 17.7 Å². The van der Waals surface area contributed by atoms with Gasteiger partial charge in [-0.25, -0.2) is 9.97 Å². The summed E-state index contributed by atoms with van der Waals surface area (Å²) in [6.07, 6.45) is 3.85. The van der Waals surface area contributed by atoms with Crippen molar-refractivity contribution in [3.05, 3.63) is 18.1 Å². The molecule has 1 fully saturated rings. The van der Waals surface area contributed by atoms with E-state index in [4.69, 9.17) is 10.5 Å². The molecule has 0 aromatic carbocycles. The lowest BCUT2D eigenvalue weighted by atomic mass is 10.0. The average molecular weight is 393 g/mol. The molecule has 7 nitrogen and oxygen atoms in total. The number of nitrogens with two attached hydrogens (primary N) is 1. The van der Waals surface area contributed by atoms with Gasteiger partial charge in [0.05, 0.1) is 26.7 Å². The molecule has 0 aliphatic carbocycles. The van der Waals surface area contributed by atoms with Gasteiger partial charge in [0.1, 0.15) is 29.6 Å². The number of nitrogen functional groups attached to an aromatic ring is 1. The Balaban J connectivity index is 2.09. The van der Waals surface area contributed by atoms with Crippen LogP contribution in [0.4, 0.5) is 5.82 Å². The maximum atomic E-state index is 10.2. The van der Waals surface area contributed by atoms with E-state index in [0.29, 0.717) is 5.82 Å².